The Kier molecular flexibility index (Phi) is 4.37. The molecule has 1 aliphatic carbocycles. The van der Waals surface area contributed by atoms with E-state index >= 15 is 0 Å². The summed E-state index contributed by atoms with van der Waals surface area (Å²) < 4.78 is 5.24. The quantitative estimate of drug-likeness (QED) is 0.875. The van der Waals surface area contributed by atoms with Crippen molar-refractivity contribution in [3.8, 4) is 5.75 Å². The predicted molar refractivity (Wildman–Crippen MR) is 94.7 cm³/mol. The van der Waals surface area contributed by atoms with Crippen molar-refractivity contribution in [3.63, 3.8) is 0 Å². The molecule has 1 atom stereocenters. The summed E-state index contributed by atoms with van der Waals surface area (Å²) in [6.45, 7) is 2.20. The van der Waals surface area contributed by atoms with E-state index in [1.807, 2.05) is 24.3 Å². The van der Waals surface area contributed by atoms with E-state index < -0.39 is 6.10 Å². The minimum Gasteiger partial charge on any atom is -0.497 e. The molecule has 2 heterocycles. The van der Waals surface area contributed by atoms with Crippen LogP contribution in [0.3, 0.4) is 0 Å². The van der Waals surface area contributed by atoms with Gasteiger partial charge in [0.2, 0.25) is 6.10 Å². The number of rotatable bonds is 4. The second kappa shape index (κ2) is 6.67. The second-order valence-electron chi connectivity index (χ2n) is 7.43. The number of carbonyl (C=O) groups excluding carboxylic acids is 1. The molecular weight excluding hydrogens is 318 g/mol. The number of nitrogens with zero attached hydrogens (tertiary/aromatic N) is 1. The molecule has 6 heteroatoms. The second-order valence-corrected chi connectivity index (χ2v) is 7.43. The van der Waals surface area contributed by atoms with Gasteiger partial charge in [-0.15, -0.1) is 0 Å². The molecule has 2 N–H and O–H groups in total. The number of ether oxygens (including phenoxy) is 1. The van der Waals surface area contributed by atoms with Crippen LogP contribution >= 0.6 is 0 Å². The van der Waals surface area contributed by atoms with Gasteiger partial charge >= 0.3 is 0 Å². The first-order valence-corrected chi connectivity index (χ1v) is 9.06. The minimum atomic E-state index is -0.522. The maximum absolute atomic E-state index is 12.5. The van der Waals surface area contributed by atoms with E-state index in [1.165, 1.54) is 12.8 Å². The van der Waals surface area contributed by atoms with E-state index in [1.54, 1.807) is 7.11 Å². The number of nitrogens with one attached hydrogen (secondary N) is 2. The van der Waals surface area contributed by atoms with Gasteiger partial charge in [0.1, 0.15) is 5.75 Å². The smallest absolute Gasteiger partial charge is 0.264 e. The highest BCUT2D eigenvalue weighted by Gasteiger charge is 2.45. The summed E-state index contributed by atoms with van der Waals surface area (Å²) in [6, 6.07) is 7.96. The number of hydrogen-bond acceptors (Lipinski definition) is 5. The lowest BCUT2D eigenvalue weighted by Crippen LogP contribution is -2.55. The normalized spacial score (nSPS) is 25.0. The van der Waals surface area contributed by atoms with Gasteiger partial charge in [0.15, 0.2) is 0 Å². The SMILES string of the molecule is COc1cccc(C2=NOC(C(=O)NC3CC4(CCNCC4)C3)C2)c1. The van der Waals surface area contributed by atoms with Gasteiger partial charge in [0.25, 0.3) is 5.91 Å². The molecule has 1 saturated heterocycles. The summed E-state index contributed by atoms with van der Waals surface area (Å²) in [4.78, 5) is 17.9. The van der Waals surface area contributed by atoms with Crippen LogP contribution in [0.5, 0.6) is 5.75 Å². The van der Waals surface area contributed by atoms with E-state index in [2.05, 4.69) is 15.8 Å². The molecule has 6 nitrogen and oxygen atoms in total. The highest BCUT2D eigenvalue weighted by atomic mass is 16.6. The average Bonchev–Trinajstić information content (AvgIpc) is 3.11. The number of oxime groups is 1. The molecule has 0 bridgehead atoms. The lowest BCUT2D eigenvalue weighted by atomic mass is 9.60. The van der Waals surface area contributed by atoms with Crippen LogP contribution in [0.1, 0.15) is 37.7 Å². The first-order valence-electron chi connectivity index (χ1n) is 9.06. The van der Waals surface area contributed by atoms with Crippen molar-refractivity contribution in [2.75, 3.05) is 20.2 Å². The van der Waals surface area contributed by atoms with E-state index in [4.69, 9.17) is 9.57 Å². The summed E-state index contributed by atoms with van der Waals surface area (Å²) in [5, 5.41) is 10.7. The predicted octanol–water partition coefficient (Wildman–Crippen LogP) is 1.84. The third kappa shape index (κ3) is 3.35. The number of methoxy groups -OCH3 is 1. The van der Waals surface area contributed by atoms with Crippen molar-refractivity contribution in [3.05, 3.63) is 29.8 Å². The van der Waals surface area contributed by atoms with Crippen molar-refractivity contribution in [1.29, 1.82) is 0 Å². The molecule has 1 amide bonds. The van der Waals surface area contributed by atoms with E-state index in [9.17, 15) is 4.79 Å². The van der Waals surface area contributed by atoms with Crippen molar-refractivity contribution < 1.29 is 14.4 Å². The van der Waals surface area contributed by atoms with Crippen LogP contribution in [0.2, 0.25) is 0 Å². The number of hydrogen-bond donors (Lipinski definition) is 2. The number of piperidine rings is 1. The molecule has 1 spiro atoms. The van der Waals surface area contributed by atoms with Gasteiger partial charge in [-0.3, -0.25) is 4.79 Å². The largest absolute Gasteiger partial charge is 0.497 e. The fraction of sp³-hybridized carbons (Fsp3) is 0.579. The molecule has 4 rings (SSSR count). The Hall–Kier alpha value is -2.08. The Morgan fingerprint density at radius 2 is 2.16 bits per heavy atom. The van der Waals surface area contributed by atoms with E-state index in [0.717, 1.165) is 43.0 Å². The fourth-order valence-corrected chi connectivity index (χ4v) is 4.24. The van der Waals surface area contributed by atoms with Gasteiger partial charge in [0, 0.05) is 18.0 Å². The Balaban J connectivity index is 1.28. The van der Waals surface area contributed by atoms with Crippen molar-refractivity contribution in [2.45, 2.75) is 44.2 Å². The van der Waals surface area contributed by atoms with Gasteiger partial charge in [-0.1, -0.05) is 17.3 Å². The molecule has 2 fully saturated rings. The van der Waals surface area contributed by atoms with Gasteiger partial charge < -0.3 is 20.2 Å². The molecule has 1 aromatic carbocycles. The van der Waals surface area contributed by atoms with Crippen molar-refractivity contribution >= 4 is 11.6 Å². The molecule has 2 aliphatic heterocycles. The molecule has 0 aromatic heterocycles. The zero-order valence-electron chi connectivity index (χ0n) is 14.6. The monoisotopic (exact) mass is 343 g/mol. The summed E-state index contributed by atoms with van der Waals surface area (Å²) in [5.41, 5.74) is 2.19. The molecule has 1 unspecified atom stereocenters. The zero-order chi connectivity index (χ0) is 17.3. The van der Waals surface area contributed by atoms with Gasteiger partial charge in [-0.05, 0) is 56.3 Å². The van der Waals surface area contributed by atoms with Crippen LogP contribution in [0.15, 0.2) is 29.4 Å². The van der Waals surface area contributed by atoms with Crippen molar-refractivity contribution in [2.24, 2.45) is 10.6 Å². The van der Waals surface area contributed by atoms with Crippen LogP contribution in [0, 0.1) is 5.41 Å². The Labute approximate surface area is 147 Å². The van der Waals surface area contributed by atoms with E-state index in [0.29, 0.717) is 11.8 Å². The Morgan fingerprint density at radius 1 is 1.36 bits per heavy atom. The zero-order valence-corrected chi connectivity index (χ0v) is 14.6. The number of benzene rings is 1. The fourth-order valence-electron chi connectivity index (χ4n) is 4.24. The Morgan fingerprint density at radius 3 is 2.92 bits per heavy atom. The standard InChI is InChI=1S/C19H25N3O3/c1-24-15-4-2-3-13(9-15)16-10-17(25-22-16)18(23)21-14-11-19(12-14)5-7-20-8-6-19/h2-4,9,14,17,20H,5-8,10-12H2,1H3,(H,21,23). The third-order valence-corrected chi connectivity index (χ3v) is 5.73. The summed E-state index contributed by atoms with van der Waals surface area (Å²) in [5.74, 6) is 0.727. The lowest BCUT2D eigenvalue weighted by Gasteiger charge is -2.50. The number of carbonyl (C=O) groups is 1. The number of amides is 1. The molecule has 3 aliphatic rings. The average molecular weight is 343 g/mol. The van der Waals surface area contributed by atoms with Crippen LogP contribution in [-0.2, 0) is 9.63 Å². The summed E-state index contributed by atoms with van der Waals surface area (Å²) in [7, 11) is 1.64. The van der Waals surface area contributed by atoms with Crippen LogP contribution in [0.4, 0.5) is 0 Å². The molecule has 1 saturated carbocycles. The van der Waals surface area contributed by atoms with Gasteiger partial charge in [-0.25, -0.2) is 0 Å². The first-order chi connectivity index (χ1) is 12.2. The van der Waals surface area contributed by atoms with E-state index in [-0.39, 0.29) is 11.9 Å². The summed E-state index contributed by atoms with van der Waals surface area (Å²) in [6.07, 6.45) is 4.62. The minimum absolute atomic E-state index is 0.0459. The van der Waals surface area contributed by atoms with Gasteiger partial charge in [-0.2, -0.15) is 0 Å². The molecule has 25 heavy (non-hydrogen) atoms. The topological polar surface area (TPSA) is 72.0 Å². The van der Waals surface area contributed by atoms with Gasteiger partial charge in [0.05, 0.1) is 12.8 Å². The molecule has 0 radical (unpaired) electrons. The highest BCUT2D eigenvalue weighted by molar-refractivity contribution is 6.04. The molecule has 134 valence electrons. The van der Waals surface area contributed by atoms with Crippen LogP contribution in [0.25, 0.3) is 0 Å². The molecule has 1 aromatic rings. The van der Waals surface area contributed by atoms with Crippen LogP contribution < -0.4 is 15.4 Å². The first kappa shape index (κ1) is 16.4. The maximum Gasteiger partial charge on any atom is 0.264 e. The third-order valence-electron chi connectivity index (χ3n) is 5.73. The Bertz CT molecular complexity index is 674. The van der Waals surface area contributed by atoms with Crippen LogP contribution in [-0.4, -0.2) is 44.0 Å². The highest BCUT2D eigenvalue weighted by Crippen LogP contribution is 2.47. The molecular formula is C19H25N3O3. The maximum atomic E-state index is 12.5. The summed E-state index contributed by atoms with van der Waals surface area (Å²) >= 11 is 0. The van der Waals surface area contributed by atoms with Crippen molar-refractivity contribution in [1.82, 2.24) is 10.6 Å². The lowest BCUT2D eigenvalue weighted by molar-refractivity contribution is -0.133.